The number of phosphoric acid groups is 1. The van der Waals surface area contributed by atoms with Crippen LogP contribution in [0.4, 0.5) is 0 Å². The molecule has 0 rings (SSSR count). The van der Waals surface area contributed by atoms with Crippen molar-refractivity contribution in [2.45, 2.75) is 212 Å². The van der Waals surface area contributed by atoms with Gasteiger partial charge in [0.15, 0.2) is 0 Å². The number of unbranched alkanes of at least 4 members (excludes halogenated alkanes) is 20. The second-order valence-corrected chi connectivity index (χ2v) is 19.6. The van der Waals surface area contributed by atoms with E-state index in [-0.39, 0.29) is 19.1 Å². The fourth-order valence-corrected chi connectivity index (χ4v) is 7.56. The highest BCUT2D eigenvalue weighted by atomic mass is 31.2. The summed E-state index contributed by atoms with van der Waals surface area (Å²) in [6.07, 6.45) is 62.4. The average Bonchev–Trinajstić information content (AvgIpc) is 3.24. The van der Waals surface area contributed by atoms with E-state index in [0.717, 1.165) is 70.6 Å². The molecule has 0 saturated heterocycles. The molecule has 0 aromatic heterocycles. The lowest BCUT2D eigenvalue weighted by Crippen LogP contribution is -2.45. The summed E-state index contributed by atoms with van der Waals surface area (Å²) in [5, 5.41) is 13.8. The van der Waals surface area contributed by atoms with Gasteiger partial charge >= 0.3 is 7.82 Å². The monoisotopic (exact) mass is 902 g/mol. The lowest BCUT2D eigenvalue weighted by atomic mass is 10.0. The molecule has 0 fully saturated rings. The minimum atomic E-state index is -4.36. The molecule has 0 aliphatic rings. The molecule has 0 spiro atoms. The molecular formula is C54H98N2O6P+. The number of hydrogen-bond donors (Lipinski definition) is 3. The van der Waals surface area contributed by atoms with Gasteiger partial charge in [-0.05, 0) is 83.5 Å². The van der Waals surface area contributed by atoms with Gasteiger partial charge in [-0.25, -0.2) is 4.57 Å². The van der Waals surface area contributed by atoms with E-state index in [1.54, 1.807) is 6.08 Å². The lowest BCUT2D eigenvalue weighted by Gasteiger charge is -2.25. The van der Waals surface area contributed by atoms with E-state index in [9.17, 15) is 19.4 Å². The number of hydrogen-bond acceptors (Lipinski definition) is 5. The first-order valence-corrected chi connectivity index (χ1v) is 27.0. The SMILES string of the molecule is CC/C=C\C/C=C\C/C=C\C/C=C\CCCCCCCCCCCCCCCCC(=O)NC(COP(=O)(O)OCC[N+](C)(C)C)C(O)/C=C/CC/C=C/CC/C=C/CCCCCC. The molecule has 0 radical (unpaired) electrons. The predicted octanol–water partition coefficient (Wildman–Crippen LogP) is 14.9. The van der Waals surface area contributed by atoms with Crippen molar-refractivity contribution in [2.75, 3.05) is 40.9 Å². The Kier molecular flexibility index (Phi) is 43.2. The third-order valence-corrected chi connectivity index (χ3v) is 11.8. The zero-order valence-corrected chi connectivity index (χ0v) is 42.2. The molecule has 9 heteroatoms. The van der Waals surface area contributed by atoms with Gasteiger partial charge in [0.2, 0.25) is 5.91 Å². The van der Waals surface area contributed by atoms with Gasteiger partial charge in [0.25, 0.3) is 0 Å². The molecule has 0 saturated carbocycles. The molecule has 0 aliphatic heterocycles. The molecule has 0 aromatic rings. The van der Waals surface area contributed by atoms with Crippen molar-refractivity contribution in [1.29, 1.82) is 0 Å². The highest BCUT2D eigenvalue weighted by Gasteiger charge is 2.27. The van der Waals surface area contributed by atoms with Gasteiger partial charge in [-0.1, -0.05) is 195 Å². The zero-order valence-electron chi connectivity index (χ0n) is 41.3. The van der Waals surface area contributed by atoms with E-state index in [1.807, 2.05) is 27.2 Å². The van der Waals surface area contributed by atoms with E-state index in [1.165, 1.54) is 109 Å². The van der Waals surface area contributed by atoms with Crippen LogP contribution in [0, 0.1) is 0 Å². The molecular weight excluding hydrogens is 804 g/mol. The van der Waals surface area contributed by atoms with Crippen LogP contribution in [-0.4, -0.2) is 73.4 Å². The van der Waals surface area contributed by atoms with Crippen LogP contribution in [0.15, 0.2) is 85.1 Å². The number of likely N-dealkylation sites (N-methyl/N-ethyl adjacent to an activating group) is 1. The lowest BCUT2D eigenvalue weighted by molar-refractivity contribution is -0.870. The van der Waals surface area contributed by atoms with Crippen LogP contribution in [0.2, 0.25) is 0 Å². The van der Waals surface area contributed by atoms with Crippen molar-refractivity contribution >= 4 is 13.7 Å². The molecule has 0 aliphatic carbocycles. The van der Waals surface area contributed by atoms with Gasteiger partial charge < -0.3 is 19.8 Å². The van der Waals surface area contributed by atoms with Crippen molar-refractivity contribution in [2.24, 2.45) is 0 Å². The molecule has 0 bridgehead atoms. The first-order valence-electron chi connectivity index (χ1n) is 25.5. The topological polar surface area (TPSA) is 105 Å². The number of quaternary nitrogens is 1. The summed E-state index contributed by atoms with van der Waals surface area (Å²) in [6.45, 7) is 4.64. The number of allylic oxidation sites excluding steroid dienone is 13. The predicted molar refractivity (Wildman–Crippen MR) is 272 cm³/mol. The zero-order chi connectivity index (χ0) is 46.4. The van der Waals surface area contributed by atoms with Crippen LogP contribution in [-0.2, 0) is 18.4 Å². The third-order valence-electron chi connectivity index (χ3n) is 10.8. The molecule has 8 nitrogen and oxygen atoms in total. The van der Waals surface area contributed by atoms with E-state index < -0.39 is 20.0 Å². The van der Waals surface area contributed by atoms with Crippen LogP contribution < -0.4 is 5.32 Å². The molecule has 0 aromatic carbocycles. The number of amides is 1. The highest BCUT2D eigenvalue weighted by molar-refractivity contribution is 7.47. The first kappa shape index (κ1) is 60.7. The minimum absolute atomic E-state index is 0.0502. The van der Waals surface area contributed by atoms with Crippen molar-refractivity contribution in [3.05, 3.63) is 85.1 Å². The summed E-state index contributed by atoms with van der Waals surface area (Å²) in [5.41, 5.74) is 0. The standard InChI is InChI=1S/C54H97N2O6P/c1-6-8-10-12-14-16-18-20-22-23-24-25-26-27-28-29-30-31-32-33-34-36-38-40-42-44-46-48-54(58)55-52(51-62-63(59,60)61-50-49-56(3,4)5)53(57)47-45-43-41-39-37-35-21-19-17-15-13-11-9-7-2/h8,10,14,16-17,19-20,22,24-25,37,39,45,47,52-53,57H,6-7,9,11-13,15,18,21,23,26-36,38,40-44,46,48-51H2,1-5H3,(H-,55,58,59,60)/p+1/b10-8-,16-14-,19-17+,22-20-,25-24-,39-37+,47-45+. The molecule has 3 atom stereocenters. The molecule has 0 heterocycles. The van der Waals surface area contributed by atoms with Gasteiger partial charge in [-0.3, -0.25) is 13.8 Å². The fourth-order valence-electron chi connectivity index (χ4n) is 6.83. The summed E-state index contributed by atoms with van der Waals surface area (Å²) in [4.78, 5) is 23.2. The Morgan fingerprint density at radius 2 is 0.968 bits per heavy atom. The molecule has 1 amide bonds. The number of carbonyl (C=O) groups excluding carboxylic acids is 1. The maximum absolute atomic E-state index is 12.9. The number of nitrogens with one attached hydrogen (secondary N) is 1. The van der Waals surface area contributed by atoms with Crippen LogP contribution in [0.5, 0.6) is 0 Å². The Hall–Kier alpha value is -2.32. The van der Waals surface area contributed by atoms with Crippen molar-refractivity contribution in [3.8, 4) is 0 Å². The van der Waals surface area contributed by atoms with Gasteiger partial charge in [-0.15, -0.1) is 0 Å². The van der Waals surface area contributed by atoms with Crippen LogP contribution in [0.3, 0.4) is 0 Å². The summed E-state index contributed by atoms with van der Waals surface area (Å²) < 4.78 is 23.6. The number of nitrogens with zero attached hydrogens (tertiary/aromatic N) is 1. The Labute approximate surface area is 388 Å². The van der Waals surface area contributed by atoms with Crippen LogP contribution in [0.1, 0.15) is 200 Å². The van der Waals surface area contributed by atoms with Crippen molar-refractivity contribution in [3.63, 3.8) is 0 Å². The maximum Gasteiger partial charge on any atom is 0.472 e. The van der Waals surface area contributed by atoms with Crippen molar-refractivity contribution in [1.82, 2.24) is 5.32 Å². The van der Waals surface area contributed by atoms with Gasteiger partial charge in [0, 0.05) is 6.42 Å². The summed E-state index contributed by atoms with van der Waals surface area (Å²) in [5.74, 6) is -0.196. The van der Waals surface area contributed by atoms with E-state index in [2.05, 4.69) is 92.1 Å². The highest BCUT2D eigenvalue weighted by Crippen LogP contribution is 2.43. The number of aliphatic hydroxyl groups excluding tert-OH is 1. The number of phosphoric ester groups is 1. The molecule has 364 valence electrons. The Bertz CT molecular complexity index is 1300. The Morgan fingerprint density at radius 3 is 1.46 bits per heavy atom. The normalized spacial score (nSPS) is 14.8. The quantitative estimate of drug-likeness (QED) is 0.0243. The maximum atomic E-state index is 12.9. The van der Waals surface area contributed by atoms with E-state index in [4.69, 9.17) is 9.05 Å². The number of aliphatic hydroxyl groups is 1. The van der Waals surface area contributed by atoms with Crippen molar-refractivity contribution < 1.29 is 32.9 Å². The Morgan fingerprint density at radius 1 is 0.556 bits per heavy atom. The minimum Gasteiger partial charge on any atom is -0.387 e. The van der Waals surface area contributed by atoms with Crippen LogP contribution in [0.25, 0.3) is 0 Å². The average molecular weight is 902 g/mol. The smallest absolute Gasteiger partial charge is 0.387 e. The number of carbonyl (C=O) groups is 1. The first-order chi connectivity index (χ1) is 30.5. The van der Waals surface area contributed by atoms with Crippen LogP contribution >= 0.6 is 7.82 Å². The van der Waals surface area contributed by atoms with Gasteiger partial charge in [0.1, 0.15) is 13.2 Å². The van der Waals surface area contributed by atoms with Gasteiger partial charge in [-0.2, -0.15) is 0 Å². The van der Waals surface area contributed by atoms with Gasteiger partial charge in [0.05, 0.1) is 39.9 Å². The number of rotatable bonds is 45. The van der Waals surface area contributed by atoms with E-state index in [0.29, 0.717) is 17.4 Å². The molecule has 3 N–H and O–H groups in total. The summed E-state index contributed by atoms with van der Waals surface area (Å²) in [6, 6.07) is -0.873. The Balaban J connectivity index is 4.25. The molecule has 63 heavy (non-hydrogen) atoms. The third kappa shape index (κ3) is 47.5. The fraction of sp³-hybridized carbons (Fsp3) is 0.722. The molecule has 3 unspecified atom stereocenters. The summed E-state index contributed by atoms with van der Waals surface area (Å²) >= 11 is 0. The second-order valence-electron chi connectivity index (χ2n) is 18.1. The largest absolute Gasteiger partial charge is 0.472 e. The summed E-state index contributed by atoms with van der Waals surface area (Å²) in [7, 11) is 1.54. The second kappa shape index (κ2) is 44.9. The van der Waals surface area contributed by atoms with E-state index >= 15 is 0 Å².